The number of hydrogen-bond donors (Lipinski definition) is 4. The average Bonchev–Trinajstić information content (AvgIpc) is 2.53. The number of likely N-dealkylation sites (N-methyl/N-ethyl adjacent to an activating group) is 1. The molecule has 128 valence electrons. The van der Waals surface area contributed by atoms with E-state index in [1.54, 1.807) is 6.92 Å². The number of aliphatic hydroxyl groups excluding tert-OH is 4. The lowest BCUT2D eigenvalue weighted by molar-refractivity contribution is -0.228. The van der Waals surface area contributed by atoms with Crippen molar-refractivity contribution in [2.75, 3.05) is 20.7 Å². The quantitative estimate of drug-likeness (QED) is 0.480. The van der Waals surface area contributed by atoms with Gasteiger partial charge in [-0.3, -0.25) is 9.80 Å². The lowest BCUT2D eigenvalue weighted by atomic mass is 9.86. The molecule has 3 aliphatic rings. The van der Waals surface area contributed by atoms with Crippen molar-refractivity contribution >= 4 is 6.03 Å². The highest BCUT2D eigenvalue weighted by molar-refractivity contribution is 5.81. The fourth-order valence-corrected chi connectivity index (χ4v) is 3.28. The first-order valence-electron chi connectivity index (χ1n) is 7.24. The summed E-state index contributed by atoms with van der Waals surface area (Å²) >= 11 is 0. The number of rotatable bonds is 1. The summed E-state index contributed by atoms with van der Waals surface area (Å²) in [6.07, 6.45) is -5.54. The van der Waals surface area contributed by atoms with E-state index >= 15 is 0 Å². The van der Waals surface area contributed by atoms with Gasteiger partial charge in [0.25, 0.3) is 0 Å². The second kappa shape index (κ2) is 5.38. The molecule has 0 radical (unpaired) electrons. The van der Waals surface area contributed by atoms with Gasteiger partial charge in [0, 0.05) is 14.1 Å². The van der Waals surface area contributed by atoms with Crippen molar-refractivity contribution in [2.45, 2.75) is 37.4 Å². The summed E-state index contributed by atoms with van der Waals surface area (Å²) in [6.45, 7) is 1.10. The molecule has 4 N–H and O–H groups in total. The van der Waals surface area contributed by atoms with Crippen molar-refractivity contribution in [1.82, 2.24) is 9.80 Å². The molecule has 0 bridgehead atoms. The number of urea groups is 1. The van der Waals surface area contributed by atoms with Crippen molar-refractivity contribution in [3.05, 3.63) is 22.9 Å². The zero-order valence-electron chi connectivity index (χ0n) is 13.0. The van der Waals surface area contributed by atoms with Gasteiger partial charge in [-0.2, -0.15) is 0 Å². The fourth-order valence-electron chi connectivity index (χ4n) is 3.28. The molecule has 9 heteroatoms. The van der Waals surface area contributed by atoms with Gasteiger partial charge >= 0.3 is 6.03 Å². The molecule has 0 aliphatic carbocycles. The van der Waals surface area contributed by atoms with Crippen LogP contribution in [0.25, 0.3) is 0 Å². The number of ether oxygens (including phenoxy) is 2. The van der Waals surface area contributed by atoms with Crippen molar-refractivity contribution in [3.8, 4) is 0 Å². The molecule has 1 saturated heterocycles. The summed E-state index contributed by atoms with van der Waals surface area (Å²) in [7, 11) is 2.95. The van der Waals surface area contributed by atoms with Gasteiger partial charge < -0.3 is 29.9 Å². The summed E-state index contributed by atoms with van der Waals surface area (Å²) in [4.78, 5) is 14.5. The SMILES string of the molecule is CC1=C2C(=C(O)N(C)C(=O)N2C)C2O[C@H](CO)[C@@H](O)[C@H](O)[C@H]2O1. The fraction of sp³-hybridized carbons (Fsp3) is 0.643. The van der Waals surface area contributed by atoms with Crippen molar-refractivity contribution in [3.63, 3.8) is 0 Å². The smallest absolute Gasteiger partial charge is 0.330 e. The average molecular weight is 328 g/mol. The standard InChI is InChI=1S/C14H20N2O7/c1-5-8-7(13(20)16(3)14(21)15(8)2)11-12(22-5)10(19)9(18)6(4-17)23-11/h6,9-12,17-20H,4H2,1-3H3/t6-,9-,10+,11?,12-/m1/s1. The molecule has 1 unspecified atom stereocenters. The Morgan fingerprint density at radius 3 is 2.43 bits per heavy atom. The van der Waals surface area contributed by atoms with Crippen LogP contribution < -0.4 is 0 Å². The Morgan fingerprint density at radius 2 is 1.83 bits per heavy atom. The molecular formula is C14H20N2O7. The number of carbonyl (C=O) groups excluding carboxylic acids is 1. The highest BCUT2D eigenvalue weighted by atomic mass is 16.6. The third-order valence-electron chi connectivity index (χ3n) is 4.52. The molecule has 3 rings (SSSR count). The molecule has 3 heterocycles. The topological polar surface area (TPSA) is 123 Å². The minimum Gasteiger partial charge on any atom is -0.494 e. The molecule has 23 heavy (non-hydrogen) atoms. The summed E-state index contributed by atoms with van der Waals surface area (Å²) in [5.41, 5.74) is 0.639. The first kappa shape index (κ1) is 16.1. The van der Waals surface area contributed by atoms with Crippen molar-refractivity contribution < 1.29 is 34.7 Å². The van der Waals surface area contributed by atoms with E-state index in [9.17, 15) is 25.2 Å². The Kier molecular flexibility index (Phi) is 3.75. The van der Waals surface area contributed by atoms with E-state index in [-0.39, 0.29) is 11.5 Å². The predicted molar refractivity (Wildman–Crippen MR) is 75.9 cm³/mol. The van der Waals surface area contributed by atoms with Crippen LogP contribution in [-0.4, -0.2) is 87.5 Å². The predicted octanol–water partition coefficient (Wildman–Crippen LogP) is -1.13. The summed E-state index contributed by atoms with van der Waals surface area (Å²) in [6, 6.07) is -0.447. The van der Waals surface area contributed by atoms with Gasteiger partial charge in [-0.05, 0) is 6.92 Å². The molecule has 3 aliphatic heterocycles. The van der Waals surface area contributed by atoms with E-state index in [4.69, 9.17) is 9.47 Å². The largest absolute Gasteiger partial charge is 0.494 e. The normalized spacial score (nSPS) is 37.7. The lowest BCUT2D eigenvalue weighted by Gasteiger charge is -2.48. The summed E-state index contributed by atoms with van der Waals surface area (Å²) in [5, 5.41) is 40.0. The van der Waals surface area contributed by atoms with Crippen LogP contribution in [0.3, 0.4) is 0 Å². The molecule has 0 aromatic rings. The van der Waals surface area contributed by atoms with Crippen LogP contribution in [0, 0.1) is 0 Å². The van der Waals surface area contributed by atoms with Crippen LogP contribution in [0.4, 0.5) is 4.79 Å². The zero-order valence-corrected chi connectivity index (χ0v) is 13.0. The van der Waals surface area contributed by atoms with Crippen LogP contribution in [0.15, 0.2) is 22.9 Å². The molecule has 0 spiro atoms. The zero-order chi connectivity index (χ0) is 17.0. The number of carbonyl (C=O) groups is 1. The Bertz CT molecular complexity index is 602. The van der Waals surface area contributed by atoms with E-state index in [1.807, 2.05) is 0 Å². The van der Waals surface area contributed by atoms with Crippen LogP contribution in [-0.2, 0) is 9.47 Å². The molecule has 1 fully saturated rings. The molecule has 9 nitrogen and oxygen atoms in total. The number of aliphatic hydroxyl groups is 4. The maximum atomic E-state index is 12.1. The lowest BCUT2D eigenvalue weighted by Crippen LogP contribution is -2.62. The number of fused-ring (bicyclic) bond motifs is 3. The summed E-state index contributed by atoms with van der Waals surface area (Å²) < 4.78 is 11.3. The van der Waals surface area contributed by atoms with E-state index < -0.39 is 43.2 Å². The van der Waals surface area contributed by atoms with Gasteiger partial charge in [-0.1, -0.05) is 0 Å². The van der Waals surface area contributed by atoms with Crippen LogP contribution in [0.1, 0.15) is 6.92 Å². The third kappa shape index (κ3) is 2.12. The Morgan fingerprint density at radius 1 is 1.17 bits per heavy atom. The molecular weight excluding hydrogens is 308 g/mol. The second-order valence-corrected chi connectivity index (χ2v) is 5.88. The van der Waals surface area contributed by atoms with Gasteiger partial charge in [0.15, 0.2) is 6.10 Å². The maximum Gasteiger partial charge on any atom is 0.330 e. The minimum absolute atomic E-state index is 0.285. The van der Waals surface area contributed by atoms with Crippen LogP contribution in [0.5, 0.6) is 0 Å². The maximum absolute atomic E-state index is 12.1. The third-order valence-corrected chi connectivity index (χ3v) is 4.52. The van der Waals surface area contributed by atoms with Crippen molar-refractivity contribution in [1.29, 1.82) is 0 Å². The van der Waals surface area contributed by atoms with Gasteiger partial charge in [0.05, 0.1) is 17.9 Å². The van der Waals surface area contributed by atoms with Gasteiger partial charge in [0.1, 0.15) is 30.2 Å². The van der Waals surface area contributed by atoms with Crippen molar-refractivity contribution in [2.24, 2.45) is 0 Å². The van der Waals surface area contributed by atoms with E-state index in [0.29, 0.717) is 11.5 Å². The Balaban J connectivity index is 2.13. The van der Waals surface area contributed by atoms with E-state index in [1.165, 1.54) is 19.0 Å². The molecule has 0 saturated carbocycles. The molecule has 0 aromatic carbocycles. The van der Waals surface area contributed by atoms with Gasteiger partial charge in [0.2, 0.25) is 5.88 Å². The van der Waals surface area contributed by atoms with Crippen LogP contribution in [0.2, 0.25) is 0 Å². The van der Waals surface area contributed by atoms with E-state index in [2.05, 4.69) is 0 Å². The Labute approximate surface area is 132 Å². The minimum atomic E-state index is -1.32. The Hall–Kier alpha value is -1.81. The highest BCUT2D eigenvalue weighted by Gasteiger charge is 2.53. The number of hydrogen-bond acceptors (Lipinski definition) is 7. The molecule has 0 aromatic heterocycles. The number of nitrogens with zero attached hydrogens (tertiary/aromatic N) is 2. The first-order chi connectivity index (χ1) is 10.8. The monoisotopic (exact) mass is 328 g/mol. The second-order valence-electron chi connectivity index (χ2n) is 5.88. The molecule has 5 atom stereocenters. The van der Waals surface area contributed by atoms with E-state index in [0.717, 1.165) is 4.90 Å². The van der Waals surface area contributed by atoms with Crippen LogP contribution >= 0.6 is 0 Å². The molecule has 2 amide bonds. The number of amides is 2. The summed E-state index contributed by atoms with van der Waals surface area (Å²) in [5.74, 6) is 0.0232. The highest BCUT2D eigenvalue weighted by Crippen LogP contribution is 2.42. The first-order valence-corrected chi connectivity index (χ1v) is 7.24. The number of allylic oxidation sites excluding steroid dienone is 1. The van der Waals surface area contributed by atoms with Gasteiger partial charge in [-0.25, -0.2) is 4.79 Å². The van der Waals surface area contributed by atoms with Gasteiger partial charge in [-0.15, -0.1) is 0 Å².